The molecule has 5 heteroatoms. The average molecular weight is 297 g/mol. The fraction of sp³-hybridized carbons (Fsp3) is 0.625. The summed E-state index contributed by atoms with van der Waals surface area (Å²) in [4.78, 5) is 3.95. The van der Waals surface area contributed by atoms with E-state index in [1.54, 1.807) is 11.9 Å². The molecule has 2 rings (SSSR count). The van der Waals surface area contributed by atoms with Crippen molar-refractivity contribution in [3.8, 4) is 0 Å². The maximum absolute atomic E-state index is 14.2. The number of hydrogen-bond acceptors (Lipinski definition) is 3. The predicted octanol–water partition coefficient (Wildman–Crippen LogP) is 2.24. The number of nitrogens with two attached hydrogens (primary N) is 1. The molecule has 3 nitrogen and oxygen atoms in total. The fourth-order valence-electron chi connectivity index (χ4n) is 3.13. The molecule has 0 aliphatic carbocycles. The van der Waals surface area contributed by atoms with Crippen LogP contribution in [0.15, 0.2) is 12.1 Å². The van der Waals surface area contributed by atoms with Gasteiger partial charge in [0.2, 0.25) is 0 Å². The van der Waals surface area contributed by atoms with Crippen LogP contribution in [0.2, 0.25) is 0 Å². The van der Waals surface area contributed by atoms with Crippen LogP contribution in [0.25, 0.3) is 0 Å². The van der Waals surface area contributed by atoms with Crippen molar-refractivity contribution in [2.75, 3.05) is 38.6 Å². The van der Waals surface area contributed by atoms with Gasteiger partial charge in [0.25, 0.3) is 0 Å². The van der Waals surface area contributed by atoms with Gasteiger partial charge in [0.15, 0.2) is 0 Å². The summed E-state index contributed by atoms with van der Waals surface area (Å²) in [6.07, 6.45) is 1.55. The molecule has 0 saturated carbocycles. The van der Waals surface area contributed by atoms with Gasteiger partial charge in [-0.05, 0) is 57.0 Å². The van der Waals surface area contributed by atoms with Crippen LogP contribution in [-0.2, 0) is 6.42 Å². The average Bonchev–Trinajstić information content (AvgIpc) is 2.72. The number of hydrogen-bond donors (Lipinski definition) is 1. The summed E-state index contributed by atoms with van der Waals surface area (Å²) in [6.45, 7) is 4.53. The number of rotatable bonds is 5. The first kappa shape index (κ1) is 16.2. The normalized spacial score (nSPS) is 20.8. The van der Waals surface area contributed by atoms with Crippen molar-refractivity contribution in [3.05, 3.63) is 29.3 Å². The molecular formula is C16H25F2N3. The molecule has 0 amide bonds. The van der Waals surface area contributed by atoms with Crippen LogP contribution in [0.5, 0.6) is 0 Å². The minimum absolute atomic E-state index is 0.0676. The Morgan fingerprint density at radius 2 is 2.00 bits per heavy atom. The number of halogens is 2. The molecule has 2 atom stereocenters. The van der Waals surface area contributed by atoms with E-state index < -0.39 is 11.6 Å². The van der Waals surface area contributed by atoms with Gasteiger partial charge in [0.1, 0.15) is 17.3 Å². The second-order valence-corrected chi connectivity index (χ2v) is 6.39. The number of likely N-dealkylation sites (tertiary alicyclic amines) is 1. The Morgan fingerprint density at radius 1 is 1.38 bits per heavy atom. The Bertz CT molecular complexity index is 467. The van der Waals surface area contributed by atoms with Gasteiger partial charge in [-0.15, -0.1) is 0 Å². The Balaban J connectivity index is 2.11. The molecule has 2 unspecified atom stereocenters. The Hall–Kier alpha value is -1.20. The molecule has 1 aliphatic heterocycles. The van der Waals surface area contributed by atoms with Crippen molar-refractivity contribution < 1.29 is 8.78 Å². The van der Waals surface area contributed by atoms with E-state index in [1.165, 1.54) is 12.1 Å². The third-order valence-electron chi connectivity index (χ3n) is 4.04. The molecule has 21 heavy (non-hydrogen) atoms. The van der Waals surface area contributed by atoms with Crippen LogP contribution in [0, 0.1) is 17.6 Å². The summed E-state index contributed by atoms with van der Waals surface area (Å²) in [5, 5.41) is 0. The molecule has 0 aromatic heterocycles. The van der Waals surface area contributed by atoms with Crippen LogP contribution in [0.3, 0.4) is 0 Å². The molecule has 2 N–H and O–H groups in total. The lowest BCUT2D eigenvalue weighted by Gasteiger charge is -2.24. The van der Waals surface area contributed by atoms with Crippen molar-refractivity contribution in [3.63, 3.8) is 0 Å². The van der Waals surface area contributed by atoms with E-state index in [9.17, 15) is 8.78 Å². The highest BCUT2D eigenvalue weighted by atomic mass is 19.1. The maximum Gasteiger partial charge on any atom is 0.149 e. The van der Waals surface area contributed by atoms with E-state index in [1.807, 2.05) is 6.92 Å². The fourth-order valence-corrected chi connectivity index (χ4v) is 3.13. The quantitative estimate of drug-likeness (QED) is 0.905. The Labute approximate surface area is 125 Å². The van der Waals surface area contributed by atoms with E-state index >= 15 is 0 Å². The molecule has 118 valence electrons. The lowest BCUT2D eigenvalue weighted by molar-refractivity contribution is 0.395. The van der Waals surface area contributed by atoms with E-state index in [0.717, 1.165) is 19.5 Å². The molecule has 1 aliphatic rings. The zero-order chi connectivity index (χ0) is 15.6. The molecule has 1 fully saturated rings. The van der Waals surface area contributed by atoms with Crippen LogP contribution in [0.1, 0.15) is 18.9 Å². The largest absolute Gasteiger partial charge is 0.370 e. The number of benzene rings is 1. The third kappa shape index (κ3) is 4.14. The topological polar surface area (TPSA) is 32.5 Å². The van der Waals surface area contributed by atoms with Crippen LogP contribution >= 0.6 is 0 Å². The van der Waals surface area contributed by atoms with Gasteiger partial charge in [-0.25, -0.2) is 8.78 Å². The summed E-state index contributed by atoms with van der Waals surface area (Å²) < 4.78 is 28.5. The Morgan fingerprint density at radius 3 is 2.48 bits per heavy atom. The zero-order valence-corrected chi connectivity index (χ0v) is 13.1. The highest BCUT2D eigenvalue weighted by molar-refractivity contribution is 5.50. The third-order valence-corrected chi connectivity index (χ3v) is 4.04. The molecule has 0 bridgehead atoms. The van der Waals surface area contributed by atoms with Gasteiger partial charge in [-0.3, -0.25) is 0 Å². The van der Waals surface area contributed by atoms with Crippen molar-refractivity contribution in [1.82, 2.24) is 4.90 Å². The van der Waals surface area contributed by atoms with E-state index in [2.05, 4.69) is 11.9 Å². The first-order chi connectivity index (χ1) is 9.86. The minimum atomic E-state index is -0.500. The monoisotopic (exact) mass is 297 g/mol. The van der Waals surface area contributed by atoms with Crippen molar-refractivity contribution in [2.45, 2.75) is 25.8 Å². The van der Waals surface area contributed by atoms with Gasteiger partial charge < -0.3 is 15.5 Å². The van der Waals surface area contributed by atoms with Crippen LogP contribution < -0.4 is 10.6 Å². The van der Waals surface area contributed by atoms with Gasteiger partial charge >= 0.3 is 0 Å². The van der Waals surface area contributed by atoms with E-state index in [0.29, 0.717) is 24.4 Å². The highest BCUT2D eigenvalue weighted by Gasteiger charge is 2.23. The van der Waals surface area contributed by atoms with Crippen LogP contribution in [-0.4, -0.2) is 44.7 Å². The standard InChI is InChI=1S/C16H25F2N3/c1-11(19)6-13-7-14(17)16(15(18)8-13)21(3)10-12-4-5-20(2)9-12/h7-8,11-12H,4-6,9-10,19H2,1-3H3. The molecule has 1 heterocycles. The lowest BCUT2D eigenvalue weighted by Crippen LogP contribution is -2.28. The SMILES string of the molecule is CC(N)Cc1cc(F)c(N(C)CC2CCN(C)C2)c(F)c1. The molecular weight excluding hydrogens is 272 g/mol. The minimum Gasteiger partial charge on any atom is -0.370 e. The van der Waals surface area contributed by atoms with Crippen molar-refractivity contribution in [2.24, 2.45) is 11.7 Å². The highest BCUT2D eigenvalue weighted by Crippen LogP contribution is 2.26. The molecule has 0 radical (unpaired) electrons. The Kier molecular flexibility index (Phi) is 5.17. The van der Waals surface area contributed by atoms with Crippen molar-refractivity contribution in [1.29, 1.82) is 0 Å². The first-order valence-electron chi connectivity index (χ1n) is 7.50. The van der Waals surface area contributed by atoms with Crippen molar-refractivity contribution >= 4 is 5.69 Å². The van der Waals surface area contributed by atoms with Gasteiger partial charge in [-0.1, -0.05) is 0 Å². The summed E-state index contributed by atoms with van der Waals surface area (Å²) in [6, 6.07) is 2.69. The number of nitrogens with zero attached hydrogens (tertiary/aromatic N) is 2. The summed E-state index contributed by atoms with van der Waals surface area (Å²) >= 11 is 0. The summed E-state index contributed by atoms with van der Waals surface area (Å²) in [5.41, 5.74) is 6.36. The van der Waals surface area contributed by atoms with Crippen LogP contribution in [0.4, 0.5) is 14.5 Å². The second kappa shape index (κ2) is 6.71. The molecule has 1 aromatic rings. The van der Waals surface area contributed by atoms with Gasteiger partial charge in [-0.2, -0.15) is 0 Å². The smallest absolute Gasteiger partial charge is 0.149 e. The summed E-state index contributed by atoms with van der Waals surface area (Å²) in [7, 11) is 3.83. The molecule has 1 aromatic carbocycles. The zero-order valence-electron chi connectivity index (χ0n) is 13.1. The molecule has 1 saturated heterocycles. The molecule has 0 spiro atoms. The first-order valence-corrected chi connectivity index (χ1v) is 7.50. The van der Waals surface area contributed by atoms with E-state index in [-0.39, 0.29) is 11.7 Å². The number of anilines is 1. The lowest BCUT2D eigenvalue weighted by atomic mass is 10.0. The maximum atomic E-state index is 14.2. The predicted molar refractivity (Wildman–Crippen MR) is 82.6 cm³/mol. The van der Waals surface area contributed by atoms with Gasteiger partial charge in [0, 0.05) is 26.2 Å². The second-order valence-electron chi connectivity index (χ2n) is 6.39. The van der Waals surface area contributed by atoms with Gasteiger partial charge in [0.05, 0.1) is 0 Å². The summed E-state index contributed by atoms with van der Waals surface area (Å²) in [5.74, 6) is -0.540. The van der Waals surface area contributed by atoms with E-state index in [4.69, 9.17) is 5.73 Å².